The zero-order valence-corrected chi connectivity index (χ0v) is 12.7. The molecule has 0 aromatic carbocycles. The number of fused-ring (bicyclic) bond motifs is 1. The van der Waals surface area contributed by atoms with Gasteiger partial charge >= 0.3 is 0 Å². The molecule has 2 heterocycles. The van der Waals surface area contributed by atoms with Crippen molar-refractivity contribution in [2.24, 2.45) is 0 Å². The molecule has 0 saturated carbocycles. The molecule has 2 rings (SSSR count). The minimum atomic E-state index is -1.10. The lowest BCUT2D eigenvalue weighted by molar-refractivity contribution is -0.125. The van der Waals surface area contributed by atoms with Crippen LogP contribution < -0.4 is 5.32 Å². The molecule has 0 aromatic heterocycles. The van der Waals surface area contributed by atoms with Crippen molar-refractivity contribution in [3.63, 3.8) is 0 Å². The van der Waals surface area contributed by atoms with Crippen LogP contribution in [0, 0.1) is 0 Å². The van der Waals surface area contributed by atoms with Crippen molar-refractivity contribution in [1.29, 1.82) is 0 Å². The first kappa shape index (κ1) is 15.1. The van der Waals surface area contributed by atoms with Crippen LogP contribution in [0.2, 0.25) is 0 Å². The summed E-state index contributed by atoms with van der Waals surface area (Å²) in [5.74, 6) is -0.143. The SMILES string of the molecule is CC(C)=CC(=O)NC1=CC(=O)[C@]2(C)[C@H](O)[C@@H](Cl)[C@H](C)N12. The molecule has 1 fully saturated rings. The third kappa shape index (κ3) is 2.05. The van der Waals surface area contributed by atoms with Gasteiger partial charge in [-0.25, -0.2) is 0 Å². The van der Waals surface area contributed by atoms with E-state index in [1.54, 1.807) is 11.8 Å². The van der Waals surface area contributed by atoms with E-state index in [-0.39, 0.29) is 17.7 Å². The predicted octanol–water partition coefficient (Wildman–Crippen LogP) is 0.924. The van der Waals surface area contributed by atoms with Gasteiger partial charge in [-0.1, -0.05) is 5.57 Å². The minimum absolute atomic E-state index is 0.243. The summed E-state index contributed by atoms with van der Waals surface area (Å²) in [6.07, 6.45) is 1.84. The summed E-state index contributed by atoms with van der Waals surface area (Å²) in [5, 5.41) is 12.3. The highest BCUT2D eigenvalue weighted by Gasteiger charge is 2.61. The standard InChI is InChI=1S/C14H19ClN2O3/c1-7(2)5-11(19)16-10-6-9(18)14(4)13(20)12(15)8(3)17(10)14/h5-6,8,12-13,20H,1-4H3,(H,16,19)/t8-,12-,13+,14+/m0/s1. The van der Waals surface area contributed by atoms with Crippen LogP contribution in [0.15, 0.2) is 23.5 Å². The Balaban J connectivity index is 2.30. The Kier molecular flexibility index (Phi) is 3.69. The van der Waals surface area contributed by atoms with Crippen LogP contribution in [0.1, 0.15) is 27.7 Å². The monoisotopic (exact) mass is 298 g/mol. The molecule has 4 atom stereocenters. The van der Waals surface area contributed by atoms with Crippen LogP contribution in [0.3, 0.4) is 0 Å². The highest BCUT2D eigenvalue weighted by atomic mass is 35.5. The van der Waals surface area contributed by atoms with Crippen LogP contribution in [0.5, 0.6) is 0 Å². The van der Waals surface area contributed by atoms with Gasteiger partial charge in [-0.15, -0.1) is 11.6 Å². The summed E-state index contributed by atoms with van der Waals surface area (Å²) in [5.41, 5.74) is -0.237. The molecule has 20 heavy (non-hydrogen) atoms. The lowest BCUT2D eigenvalue weighted by Crippen LogP contribution is -2.52. The summed E-state index contributed by atoms with van der Waals surface area (Å²) >= 11 is 6.16. The quantitative estimate of drug-likeness (QED) is 0.588. The zero-order valence-electron chi connectivity index (χ0n) is 12.0. The van der Waals surface area contributed by atoms with E-state index in [1.165, 1.54) is 12.2 Å². The number of carbonyl (C=O) groups excluding carboxylic acids is 2. The first-order chi connectivity index (χ1) is 9.19. The van der Waals surface area contributed by atoms with Crippen LogP contribution in [0.25, 0.3) is 0 Å². The van der Waals surface area contributed by atoms with Gasteiger partial charge in [0.1, 0.15) is 17.5 Å². The zero-order chi connectivity index (χ0) is 15.2. The van der Waals surface area contributed by atoms with Crippen LogP contribution in [-0.2, 0) is 9.59 Å². The summed E-state index contributed by atoms with van der Waals surface area (Å²) in [6, 6.07) is -0.249. The van der Waals surface area contributed by atoms with Gasteiger partial charge in [-0.05, 0) is 27.7 Å². The lowest BCUT2D eigenvalue weighted by atomic mass is 9.92. The molecule has 1 saturated heterocycles. The Morgan fingerprint density at radius 3 is 2.70 bits per heavy atom. The highest BCUT2D eigenvalue weighted by Crippen LogP contribution is 2.43. The Hall–Kier alpha value is -1.33. The molecule has 6 heteroatoms. The second-order valence-electron chi connectivity index (χ2n) is 5.75. The Morgan fingerprint density at radius 1 is 1.55 bits per heavy atom. The lowest BCUT2D eigenvalue weighted by Gasteiger charge is -2.34. The molecule has 5 nitrogen and oxygen atoms in total. The van der Waals surface area contributed by atoms with E-state index >= 15 is 0 Å². The molecule has 2 N–H and O–H groups in total. The van der Waals surface area contributed by atoms with E-state index in [4.69, 9.17) is 11.6 Å². The Labute approximate surface area is 123 Å². The van der Waals surface area contributed by atoms with Gasteiger partial charge in [0.15, 0.2) is 5.78 Å². The van der Waals surface area contributed by atoms with Crippen molar-refractivity contribution in [3.05, 3.63) is 23.5 Å². The van der Waals surface area contributed by atoms with Gasteiger partial charge < -0.3 is 15.3 Å². The smallest absolute Gasteiger partial charge is 0.249 e. The normalized spacial score (nSPS) is 35.7. The average molecular weight is 299 g/mol. The first-order valence-corrected chi connectivity index (χ1v) is 6.96. The molecule has 0 aliphatic carbocycles. The fraction of sp³-hybridized carbons (Fsp3) is 0.571. The van der Waals surface area contributed by atoms with Crippen LogP contribution in [-0.4, -0.2) is 44.8 Å². The maximum Gasteiger partial charge on any atom is 0.249 e. The molecule has 0 unspecified atom stereocenters. The molecule has 0 aromatic rings. The number of carbonyl (C=O) groups is 2. The molecule has 0 bridgehead atoms. The Bertz CT molecular complexity index is 525. The number of hydrogen-bond acceptors (Lipinski definition) is 4. The van der Waals surface area contributed by atoms with E-state index in [0.29, 0.717) is 5.82 Å². The number of aliphatic hydroxyl groups is 1. The number of amides is 1. The summed E-state index contributed by atoms with van der Waals surface area (Å²) < 4.78 is 0. The molecule has 2 aliphatic heterocycles. The molecule has 110 valence electrons. The fourth-order valence-corrected chi connectivity index (χ4v) is 3.23. The van der Waals surface area contributed by atoms with Crippen molar-refractivity contribution in [3.8, 4) is 0 Å². The van der Waals surface area contributed by atoms with Gasteiger partial charge in [0.25, 0.3) is 0 Å². The maximum atomic E-state index is 12.2. The van der Waals surface area contributed by atoms with E-state index in [0.717, 1.165) is 5.57 Å². The van der Waals surface area contributed by atoms with Gasteiger partial charge in [0, 0.05) is 18.2 Å². The second kappa shape index (κ2) is 4.90. The van der Waals surface area contributed by atoms with Crippen LogP contribution in [0.4, 0.5) is 0 Å². The van der Waals surface area contributed by atoms with Gasteiger partial charge in [-0.3, -0.25) is 9.59 Å². The second-order valence-corrected chi connectivity index (χ2v) is 6.26. The van der Waals surface area contributed by atoms with Gasteiger partial charge in [0.2, 0.25) is 5.91 Å². The number of nitrogens with one attached hydrogen (secondary N) is 1. The third-order valence-electron chi connectivity index (χ3n) is 3.94. The molecule has 1 amide bonds. The predicted molar refractivity (Wildman–Crippen MR) is 76.0 cm³/mol. The molecular formula is C14H19ClN2O3. The van der Waals surface area contributed by atoms with Gasteiger partial charge in [-0.2, -0.15) is 0 Å². The molecule has 0 radical (unpaired) electrons. The summed E-state index contributed by atoms with van der Waals surface area (Å²) in [7, 11) is 0. The topological polar surface area (TPSA) is 69.6 Å². The minimum Gasteiger partial charge on any atom is -0.389 e. The van der Waals surface area contributed by atoms with E-state index in [1.807, 2.05) is 20.8 Å². The first-order valence-electron chi connectivity index (χ1n) is 6.53. The van der Waals surface area contributed by atoms with E-state index in [9.17, 15) is 14.7 Å². The molecule has 0 spiro atoms. The summed E-state index contributed by atoms with van der Waals surface area (Å²) in [4.78, 5) is 25.7. The number of alkyl halides is 1. The van der Waals surface area contributed by atoms with Crippen molar-refractivity contribution >= 4 is 23.3 Å². The number of halogens is 1. The fourth-order valence-electron chi connectivity index (χ4n) is 2.88. The highest BCUT2D eigenvalue weighted by molar-refractivity contribution is 6.22. The number of rotatable bonds is 2. The number of nitrogens with zero attached hydrogens (tertiary/aromatic N) is 1. The average Bonchev–Trinajstić information content (AvgIpc) is 2.66. The van der Waals surface area contributed by atoms with Gasteiger partial charge in [0.05, 0.1) is 5.38 Å². The third-order valence-corrected chi connectivity index (χ3v) is 4.55. The van der Waals surface area contributed by atoms with Crippen molar-refractivity contribution in [1.82, 2.24) is 10.2 Å². The van der Waals surface area contributed by atoms with Crippen molar-refractivity contribution in [2.75, 3.05) is 0 Å². The Morgan fingerprint density at radius 2 is 2.15 bits per heavy atom. The molecule has 2 aliphatic rings. The number of aliphatic hydroxyl groups excluding tert-OH is 1. The van der Waals surface area contributed by atoms with Crippen LogP contribution >= 0.6 is 11.6 Å². The van der Waals surface area contributed by atoms with Crippen molar-refractivity contribution in [2.45, 2.75) is 50.8 Å². The summed E-state index contributed by atoms with van der Waals surface area (Å²) in [6.45, 7) is 7.10. The number of allylic oxidation sites excluding steroid dienone is 1. The van der Waals surface area contributed by atoms with E-state index < -0.39 is 17.0 Å². The number of ketones is 1. The van der Waals surface area contributed by atoms with E-state index in [2.05, 4.69) is 5.32 Å². The number of hydrogen-bond donors (Lipinski definition) is 2. The van der Waals surface area contributed by atoms with Crippen molar-refractivity contribution < 1.29 is 14.7 Å². The largest absolute Gasteiger partial charge is 0.389 e. The maximum absolute atomic E-state index is 12.2. The molecular weight excluding hydrogens is 280 g/mol.